The van der Waals surface area contributed by atoms with E-state index in [9.17, 15) is 9.59 Å². The number of benzene rings is 1. The van der Waals surface area contributed by atoms with Crippen LogP contribution in [0.1, 0.15) is 17.5 Å². The van der Waals surface area contributed by atoms with Gasteiger partial charge in [-0.15, -0.1) is 0 Å². The lowest BCUT2D eigenvalue weighted by molar-refractivity contribution is -0.135. The van der Waals surface area contributed by atoms with Crippen LogP contribution in [-0.2, 0) is 22.4 Å². The first kappa shape index (κ1) is 17.3. The summed E-state index contributed by atoms with van der Waals surface area (Å²) < 4.78 is 0. The van der Waals surface area contributed by atoms with E-state index in [-0.39, 0.29) is 24.3 Å². The van der Waals surface area contributed by atoms with Crippen molar-refractivity contribution in [2.45, 2.75) is 31.3 Å². The molecule has 130 valence electrons. The maximum Gasteiger partial charge on any atom is 0.237 e. The van der Waals surface area contributed by atoms with Crippen LogP contribution in [0.2, 0.25) is 0 Å². The van der Waals surface area contributed by atoms with Crippen molar-refractivity contribution in [3.8, 4) is 0 Å². The molecule has 0 aromatic heterocycles. The van der Waals surface area contributed by atoms with Crippen LogP contribution in [0.3, 0.4) is 0 Å². The zero-order chi connectivity index (χ0) is 16.9. The van der Waals surface area contributed by atoms with Crippen LogP contribution < -0.4 is 10.6 Å². The van der Waals surface area contributed by atoms with Crippen LogP contribution in [-0.4, -0.2) is 60.4 Å². The lowest BCUT2D eigenvalue weighted by Crippen LogP contribution is -2.59. The molecular weight excluding hydrogens is 322 g/mol. The van der Waals surface area contributed by atoms with E-state index in [1.807, 2.05) is 6.26 Å². The Morgan fingerprint density at radius 3 is 2.71 bits per heavy atom. The van der Waals surface area contributed by atoms with Crippen LogP contribution in [0.4, 0.5) is 0 Å². The number of carbonyl (C=O) groups is 2. The minimum Gasteiger partial charge on any atom is -0.355 e. The Balaban J connectivity index is 1.65. The number of rotatable bonds is 6. The molecule has 0 bridgehead atoms. The molecule has 1 aromatic carbocycles. The summed E-state index contributed by atoms with van der Waals surface area (Å²) in [4.78, 5) is 26.8. The Kier molecular flexibility index (Phi) is 5.79. The number of nitrogens with zero attached hydrogens (tertiary/aromatic N) is 1. The van der Waals surface area contributed by atoms with Gasteiger partial charge in [0.25, 0.3) is 0 Å². The van der Waals surface area contributed by atoms with E-state index in [1.165, 1.54) is 11.1 Å². The van der Waals surface area contributed by atoms with E-state index in [2.05, 4.69) is 39.8 Å². The Morgan fingerprint density at radius 1 is 1.33 bits per heavy atom. The molecule has 0 radical (unpaired) electrons. The molecule has 1 aliphatic carbocycles. The zero-order valence-electron chi connectivity index (χ0n) is 14.1. The van der Waals surface area contributed by atoms with Crippen LogP contribution in [0.25, 0.3) is 0 Å². The molecule has 0 saturated carbocycles. The fraction of sp³-hybridized carbons (Fsp3) is 0.556. The molecule has 0 unspecified atom stereocenters. The highest BCUT2D eigenvalue weighted by molar-refractivity contribution is 7.98. The lowest BCUT2D eigenvalue weighted by Gasteiger charge is -2.38. The number of thioether (sulfide) groups is 1. The molecule has 5 nitrogen and oxygen atoms in total. The maximum atomic E-state index is 12.4. The lowest BCUT2D eigenvalue weighted by atomic mass is 10.0. The second-order valence-corrected chi connectivity index (χ2v) is 7.41. The van der Waals surface area contributed by atoms with Gasteiger partial charge >= 0.3 is 0 Å². The molecule has 0 spiro atoms. The fourth-order valence-electron chi connectivity index (χ4n) is 3.69. The summed E-state index contributed by atoms with van der Waals surface area (Å²) in [5.74, 6) is 0.841. The average molecular weight is 347 g/mol. The third-order valence-electron chi connectivity index (χ3n) is 4.88. The molecule has 2 N–H and O–H groups in total. The second-order valence-electron chi connectivity index (χ2n) is 6.42. The van der Waals surface area contributed by atoms with Gasteiger partial charge < -0.3 is 10.6 Å². The average Bonchev–Trinajstić information content (AvgIpc) is 3.01. The van der Waals surface area contributed by atoms with E-state index in [4.69, 9.17) is 0 Å². The summed E-state index contributed by atoms with van der Waals surface area (Å²) in [5, 5.41) is 5.83. The van der Waals surface area contributed by atoms with Gasteiger partial charge in [-0.3, -0.25) is 14.5 Å². The summed E-state index contributed by atoms with van der Waals surface area (Å²) in [6, 6.07) is 8.44. The molecule has 6 heteroatoms. The molecule has 1 heterocycles. The predicted molar refractivity (Wildman–Crippen MR) is 97.2 cm³/mol. The number of hydrogen-bond acceptors (Lipinski definition) is 4. The smallest absolute Gasteiger partial charge is 0.237 e. The van der Waals surface area contributed by atoms with Crippen molar-refractivity contribution in [3.63, 3.8) is 0 Å². The van der Waals surface area contributed by atoms with Gasteiger partial charge in [-0.05, 0) is 30.2 Å². The monoisotopic (exact) mass is 347 g/mol. The number of carbonyl (C=O) groups excluding carboxylic acids is 2. The molecule has 1 saturated heterocycles. The minimum absolute atomic E-state index is 0.0165. The SMILES string of the molecule is CSCCNC(=O)C[C@H]1C(=O)NCCN1C1Cc2ccccc2C1. The zero-order valence-corrected chi connectivity index (χ0v) is 14.9. The maximum absolute atomic E-state index is 12.4. The Hall–Kier alpha value is -1.53. The normalized spacial score (nSPS) is 21.4. The van der Waals surface area contributed by atoms with E-state index < -0.39 is 0 Å². The number of amides is 2. The van der Waals surface area contributed by atoms with E-state index in [0.29, 0.717) is 19.1 Å². The predicted octanol–water partition coefficient (Wildman–Crippen LogP) is 0.824. The highest BCUT2D eigenvalue weighted by Gasteiger charge is 2.37. The number of piperazine rings is 1. The van der Waals surface area contributed by atoms with Crippen molar-refractivity contribution < 1.29 is 9.59 Å². The van der Waals surface area contributed by atoms with Gasteiger partial charge in [0, 0.05) is 31.4 Å². The Labute approximate surface area is 147 Å². The van der Waals surface area contributed by atoms with Crippen molar-refractivity contribution in [1.29, 1.82) is 0 Å². The van der Waals surface area contributed by atoms with Crippen LogP contribution in [0.5, 0.6) is 0 Å². The van der Waals surface area contributed by atoms with Crippen molar-refractivity contribution >= 4 is 23.6 Å². The third-order valence-corrected chi connectivity index (χ3v) is 5.49. The van der Waals surface area contributed by atoms with Crippen molar-refractivity contribution in [1.82, 2.24) is 15.5 Å². The molecule has 3 rings (SSSR count). The summed E-state index contributed by atoms with van der Waals surface area (Å²) >= 11 is 1.70. The minimum atomic E-state index is -0.354. The van der Waals surface area contributed by atoms with Gasteiger partial charge in [0.1, 0.15) is 0 Å². The molecule has 2 aliphatic rings. The van der Waals surface area contributed by atoms with E-state index in [0.717, 1.165) is 25.1 Å². The topological polar surface area (TPSA) is 61.4 Å². The van der Waals surface area contributed by atoms with Crippen molar-refractivity contribution in [2.75, 3.05) is 31.6 Å². The molecule has 24 heavy (non-hydrogen) atoms. The molecular formula is C18H25N3O2S. The molecule has 1 atom stereocenters. The van der Waals surface area contributed by atoms with E-state index in [1.54, 1.807) is 11.8 Å². The van der Waals surface area contributed by atoms with Crippen molar-refractivity contribution in [3.05, 3.63) is 35.4 Å². The molecule has 1 fully saturated rings. The second kappa shape index (κ2) is 8.03. The number of fused-ring (bicyclic) bond motifs is 1. The molecule has 1 aromatic rings. The highest BCUT2D eigenvalue weighted by Crippen LogP contribution is 2.28. The standard InChI is InChI=1S/C18H25N3O2S/c1-24-9-7-19-17(22)12-16-18(23)20-6-8-21(16)15-10-13-4-2-3-5-14(13)11-15/h2-5,15-16H,6-12H2,1H3,(H,19,22)(H,20,23)/t16-/m0/s1. The summed E-state index contributed by atoms with van der Waals surface area (Å²) in [6.07, 6.45) is 4.19. The number of hydrogen-bond donors (Lipinski definition) is 2. The third kappa shape index (κ3) is 3.92. The van der Waals surface area contributed by atoms with Crippen LogP contribution >= 0.6 is 11.8 Å². The van der Waals surface area contributed by atoms with Gasteiger partial charge in [-0.1, -0.05) is 24.3 Å². The molecule has 1 aliphatic heterocycles. The number of nitrogens with one attached hydrogen (secondary N) is 2. The van der Waals surface area contributed by atoms with E-state index >= 15 is 0 Å². The fourth-order valence-corrected chi connectivity index (χ4v) is 4.00. The first-order valence-electron chi connectivity index (χ1n) is 8.55. The molecule has 2 amide bonds. The van der Waals surface area contributed by atoms with Gasteiger partial charge in [-0.25, -0.2) is 0 Å². The van der Waals surface area contributed by atoms with Gasteiger partial charge in [0.05, 0.1) is 12.5 Å². The largest absolute Gasteiger partial charge is 0.355 e. The Morgan fingerprint density at radius 2 is 2.04 bits per heavy atom. The summed E-state index contributed by atoms with van der Waals surface area (Å²) in [5.41, 5.74) is 2.74. The van der Waals surface area contributed by atoms with Gasteiger partial charge in [0.15, 0.2) is 0 Å². The summed E-state index contributed by atoms with van der Waals surface area (Å²) in [6.45, 7) is 2.13. The quantitative estimate of drug-likeness (QED) is 0.748. The summed E-state index contributed by atoms with van der Waals surface area (Å²) in [7, 11) is 0. The van der Waals surface area contributed by atoms with Crippen molar-refractivity contribution in [2.24, 2.45) is 0 Å². The highest BCUT2D eigenvalue weighted by atomic mass is 32.2. The van der Waals surface area contributed by atoms with Gasteiger partial charge in [0.2, 0.25) is 11.8 Å². The Bertz CT molecular complexity index is 583. The first-order chi connectivity index (χ1) is 11.7. The van der Waals surface area contributed by atoms with Crippen LogP contribution in [0.15, 0.2) is 24.3 Å². The van der Waals surface area contributed by atoms with Crippen LogP contribution in [0, 0.1) is 0 Å². The van der Waals surface area contributed by atoms with Gasteiger partial charge in [-0.2, -0.15) is 11.8 Å². The first-order valence-corrected chi connectivity index (χ1v) is 9.94.